The molecule has 0 saturated heterocycles. The molecule has 1 unspecified atom stereocenters. The standard InChI is InChI=1S/C28H21ClN2O2/c1-2-33-27(32)28(21-11-7-4-8-12-21)24(17-19-9-5-3-6-10-19)25(23(18-30)26(28)31)20-13-15-22(29)16-14-20/h3-17,31H,2H2,1H3/b24-17+,31-26?. The summed E-state index contributed by atoms with van der Waals surface area (Å²) in [5.74, 6) is -0.583. The number of halogens is 1. The molecule has 162 valence electrons. The number of carbonyl (C=O) groups is 1. The van der Waals surface area contributed by atoms with Crippen LogP contribution in [0.5, 0.6) is 0 Å². The Bertz CT molecular complexity index is 1300. The summed E-state index contributed by atoms with van der Waals surface area (Å²) in [6.07, 6.45) is 1.87. The lowest BCUT2D eigenvalue weighted by molar-refractivity contribution is -0.145. The molecule has 5 heteroatoms. The summed E-state index contributed by atoms with van der Waals surface area (Å²) in [5.41, 5.74) is 1.64. The van der Waals surface area contributed by atoms with Gasteiger partial charge in [-0.1, -0.05) is 84.4 Å². The molecule has 4 nitrogen and oxygen atoms in total. The van der Waals surface area contributed by atoms with Gasteiger partial charge < -0.3 is 10.1 Å². The molecule has 3 aromatic carbocycles. The lowest BCUT2D eigenvalue weighted by Crippen LogP contribution is -2.44. The van der Waals surface area contributed by atoms with Crippen molar-refractivity contribution in [1.82, 2.24) is 0 Å². The van der Waals surface area contributed by atoms with Gasteiger partial charge in [-0.15, -0.1) is 0 Å². The van der Waals surface area contributed by atoms with Gasteiger partial charge in [0.15, 0.2) is 5.41 Å². The molecule has 3 aromatic rings. The molecule has 0 heterocycles. The van der Waals surface area contributed by atoms with E-state index in [2.05, 4.69) is 6.07 Å². The average molecular weight is 453 g/mol. The predicted molar refractivity (Wildman–Crippen MR) is 131 cm³/mol. The normalized spacial score (nSPS) is 18.9. The van der Waals surface area contributed by atoms with Crippen LogP contribution in [0.1, 0.15) is 23.6 Å². The van der Waals surface area contributed by atoms with E-state index in [0.29, 0.717) is 27.3 Å². The first-order valence-corrected chi connectivity index (χ1v) is 10.9. The van der Waals surface area contributed by atoms with Crippen molar-refractivity contribution in [3.05, 3.63) is 118 Å². The Morgan fingerprint density at radius 1 is 1.03 bits per heavy atom. The van der Waals surface area contributed by atoms with Gasteiger partial charge in [-0.05, 0) is 47.4 Å². The number of carbonyl (C=O) groups excluding carboxylic acids is 1. The molecule has 33 heavy (non-hydrogen) atoms. The van der Waals surface area contributed by atoms with Crippen LogP contribution in [0.2, 0.25) is 5.02 Å². The van der Waals surface area contributed by atoms with Gasteiger partial charge in [0.05, 0.1) is 17.9 Å². The van der Waals surface area contributed by atoms with Gasteiger partial charge in [-0.2, -0.15) is 5.26 Å². The number of rotatable bonds is 5. The number of esters is 1. The maximum absolute atomic E-state index is 13.7. The highest BCUT2D eigenvalue weighted by Gasteiger charge is 2.56. The summed E-state index contributed by atoms with van der Waals surface area (Å²) in [4.78, 5) is 13.7. The van der Waals surface area contributed by atoms with E-state index >= 15 is 0 Å². The molecule has 1 atom stereocenters. The quantitative estimate of drug-likeness (QED) is 0.466. The highest BCUT2D eigenvalue weighted by molar-refractivity contribution is 6.34. The molecule has 0 aromatic heterocycles. The van der Waals surface area contributed by atoms with Gasteiger partial charge >= 0.3 is 5.97 Å². The lowest BCUT2D eigenvalue weighted by Gasteiger charge is -2.30. The zero-order chi connectivity index (χ0) is 23.4. The van der Waals surface area contributed by atoms with E-state index in [9.17, 15) is 10.1 Å². The van der Waals surface area contributed by atoms with E-state index in [-0.39, 0.29) is 17.9 Å². The third-order valence-electron chi connectivity index (χ3n) is 5.69. The largest absolute Gasteiger partial charge is 0.465 e. The van der Waals surface area contributed by atoms with Crippen LogP contribution in [0.25, 0.3) is 11.6 Å². The fraction of sp³-hybridized carbons (Fsp3) is 0.107. The number of ether oxygens (including phenoxy) is 1. The van der Waals surface area contributed by atoms with Crippen LogP contribution in [-0.4, -0.2) is 18.3 Å². The summed E-state index contributed by atoms with van der Waals surface area (Å²) in [5, 5.41) is 19.8. The molecule has 4 rings (SSSR count). The van der Waals surface area contributed by atoms with Crippen molar-refractivity contribution in [2.75, 3.05) is 6.61 Å². The summed E-state index contributed by atoms with van der Waals surface area (Å²) in [6, 6.07) is 27.9. The molecule has 0 bridgehead atoms. The number of nitrogens with one attached hydrogen (secondary N) is 1. The zero-order valence-corrected chi connectivity index (χ0v) is 18.8. The number of allylic oxidation sites excluding steroid dienone is 2. The Kier molecular flexibility index (Phi) is 6.26. The van der Waals surface area contributed by atoms with Gasteiger partial charge in [0, 0.05) is 10.6 Å². The summed E-state index contributed by atoms with van der Waals surface area (Å²) in [7, 11) is 0. The molecule has 1 aliphatic rings. The maximum Gasteiger partial charge on any atom is 0.327 e. The van der Waals surface area contributed by atoms with E-state index in [1.807, 2.05) is 54.6 Å². The molecule has 0 fully saturated rings. The summed E-state index contributed by atoms with van der Waals surface area (Å²) >= 11 is 6.12. The summed E-state index contributed by atoms with van der Waals surface area (Å²) < 4.78 is 5.54. The first kappa shape index (κ1) is 22.3. The van der Waals surface area contributed by atoms with Crippen LogP contribution < -0.4 is 0 Å². The molecule has 0 spiro atoms. The monoisotopic (exact) mass is 452 g/mol. The van der Waals surface area contributed by atoms with Gasteiger partial charge in [0.1, 0.15) is 6.07 Å². The molecule has 0 radical (unpaired) electrons. The minimum Gasteiger partial charge on any atom is -0.465 e. The van der Waals surface area contributed by atoms with Gasteiger partial charge in [-0.3, -0.25) is 4.79 Å². The fourth-order valence-electron chi connectivity index (χ4n) is 4.25. The number of hydrogen-bond donors (Lipinski definition) is 1. The maximum atomic E-state index is 13.7. The van der Waals surface area contributed by atoms with Crippen LogP contribution in [0.4, 0.5) is 0 Å². The molecule has 0 aliphatic heterocycles. The number of nitriles is 1. The Balaban J connectivity index is 2.11. The second-order valence-electron chi connectivity index (χ2n) is 7.55. The van der Waals surface area contributed by atoms with Crippen molar-refractivity contribution >= 4 is 34.9 Å². The van der Waals surface area contributed by atoms with Crippen molar-refractivity contribution in [3.63, 3.8) is 0 Å². The molecular formula is C28H21ClN2O2. The lowest BCUT2D eigenvalue weighted by atomic mass is 9.71. The van der Waals surface area contributed by atoms with Crippen LogP contribution in [0.15, 0.2) is 96.1 Å². The van der Waals surface area contributed by atoms with E-state index in [4.69, 9.17) is 21.7 Å². The first-order valence-electron chi connectivity index (χ1n) is 10.5. The van der Waals surface area contributed by atoms with Gasteiger partial charge in [0.2, 0.25) is 0 Å². The van der Waals surface area contributed by atoms with E-state index < -0.39 is 11.4 Å². The minimum atomic E-state index is -1.58. The Hall–Kier alpha value is -3.94. The van der Waals surface area contributed by atoms with E-state index in [0.717, 1.165) is 5.56 Å². The third kappa shape index (κ3) is 3.77. The van der Waals surface area contributed by atoms with E-state index in [1.54, 1.807) is 43.3 Å². The SMILES string of the molecule is CCOC(=O)C1(c2ccccc2)C(=N)C(C#N)=C(c2ccc(Cl)cc2)/C1=C\c1ccccc1. The molecular weight excluding hydrogens is 432 g/mol. The van der Waals surface area contributed by atoms with Crippen molar-refractivity contribution in [2.45, 2.75) is 12.3 Å². The summed E-state index contributed by atoms with van der Waals surface area (Å²) in [6.45, 7) is 1.88. The number of hydrogen-bond acceptors (Lipinski definition) is 4. The average Bonchev–Trinajstić information content (AvgIpc) is 3.09. The predicted octanol–water partition coefficient (Wildman–Crippen LogP) is 6.24. The van der Waals surface area contributed by atoms with Gasteiger partial charge in [0.25, 0.3) is 0 Å². The number of nitrogens with zero attached hydrogens (tertiary/aromatic N) is 1. The Morgan fingerprint density at radius 3 is 2.21 bits per heavy atom. The van der Waals surface area contributed by atoms with Crippen molar-refractivity contribution < 1.29 is 9.53 Å². The molecule has 1 aliphatic carbocycles. The molecule has 1 N–H and O–H groups in total. The van der Waals surface area contributed by atoms with Crippen LogP contribution >= 0.6 is 11.6 Å². The second-order valence-corrected chi connectivity index (χ2v) is 7.99. The fourth-order valence-corrected chi connectivity index (χ4v) is 4.38. The van der Waals surface area contributed by atoms with Crippen molar-refractivity contribution in [3.8, 4) is 6.07 Å². The number of benzene rings is 3. The van der Waals surface area contributed by atoms with Crippen molar-refractivity contribution in [1.29, 1.82) is 10.7 Å². The molecule has 0 amide bonds. The van der Waals surface area contributed by atoms with Crippen LogP contribution in [0.3, 0.4) is 0 Å². The minimum absolute atomic E-state index is 0.0956. The van der Waals surface area contributed by atoms with E-state index in [1.165, 1.54) is 0 Å². The van der Waals surface area contributed by atoms with Crippen molar-refractivity contribution in [2.24, 2.45) is 0 Å². The third-order valence-corrected chi connectivity index (χ3v) is 5.94. The zero-order valence-electron chi connectivity index (χ0n) is 18.0. The van der Waals surface area contributed by atoms with Gasteiger partial charge in [-0.25, -0.2) is 0 Å². The second kappa shape index (κ2) is 9.28. The molecule has 0 saturated carbocycles. The first-order chi connectivity index (χ1) is 16.0. The van der Waals surface area contributed by atoms with Crippen LogP contribution in [0, 0.1) is 16.7 Å². The van der Waals surface area contributed by atoms with Crippen LogP contribution in [-0.2, 0) is 14.9 Å². The smallest absolute Gasteiger partial charge is 0.327 e. The highest BCUT2D eigenvalue weighted by Crippen LogP contribution is 2.51. The topological polar surface area (TPSA) is 73.9 Å². The Labute approximate surface area is 197 Å². The highest BCUT2D eigenvalue weighted by atomic mass is 35.5. The Morgan fingerprint density at radius 2 is 1.64 bits per heavy atom.